The highest BCUT2D eigenvalue weighted by molar-refractivity contribution is 6.12. The van der Waals surface area contributed by atoms with E-state index in [0.29, 0.717) is 13.1 Å². The molecule has 4 rings (SSSR count). The zero-order valence-electron chi connectivity index (χ0n) is 17.5. The predicted octanol–water partition coefficient (Wildman–Crippen LogP) is 5.32. The molecule has 2 aromatic heterocycles. The van der Waals surface area contributed by atoms with Crippen LogP contribution in [0.2, 0.25) is 0 Å². The monoisotopic (exact) mass is 402 g/mol. The number of H-pyrrole nitrogens is 1. The van der Waals surface area contributed by atoms with Crippen LogP contribution in [-0.4, -0.2) is 34.8 Å². The Hall–Kier alpha value is -3.54. The van der Waals surface area contributed by atoms with Crippen LogP contribution in [0.25, 0.3) is 33.1 Å². The first-order valence-electron chi connectivity index (χ1n) is 10.1. The van der Waals surface area contributed by atoms with Crippen LogP contribution in [0, 0.1) is 0 Å². The van der Waals surface area contributed by atoms with Crippen LogP contribution < -0.4 is 10.6 Å². The van der Waals surface area contributed by atoms with Crippen molar-refractivity contribution in [3.8, 4) is 11.1 Å². The van der Waals surface area contributed by atoms with Gasteiger partial charge in [-0.15, -0.1) is 0 Å². The number of carbonyl (C=O) groups is 1. The molecule has 0 aliphatic heterocycles. The lowest BCUT2D eigenvalue weighted by atomic mass is 10.0. The summed E-state index contributed by atoms with van der Waals surface area (Å²) in [5.41, 5.74) is 4.70. The minimum atomic E-state index is -0.496. The van der Waals surface area contributed by atoms with Gasteiger partial charge in [0.15, 0.2) is 0 Å². The molecule has 0 aliphatic carbocycles. The number of amides is 1. The van der Waals surface area contributed by atoms with Crippen molar-refractivity contribution in [2.24, 2.45) is 0 Å². The van der Waals surface area contributed by atoms with Crippen LogP contribution in [0.1, 0.15) is 20.8 Å². The summed E-state index contributed by atoms with van der Waals surface area (Å²) in [6.07, 6.45) is 1.43. The van der Waals surface area contributed by atoms with Gasteiger partial charge < -0.3 is 20.4 Å². The zero-order chi connectivity index (χ0) is 21.1. The molecule has 6 heteroatoms. The number of benzene rings is 2. The fraction of sp³-hybridized carbons (Fsp3) is 0.250. The lowest BCUT2D eigenvalue weighted by Gasteiger charge is -2.19. The fourth-order valence-corrected chi connectivity index (χ4v) is 3.49. The molecule has 6 nitrogen and oxygen atoms in total. The highest BCUT2D eigenvalue weighted by Crippen LogP contribution is 2.34. The molecule has 3 N–H and O–H groups in total. The third-order valence-corrected chi connectivity index (χ3v) is 4.70. The summed E-state index contributed by atoms with van der Waals surface area (Å²) in [7, 11) is 0. The van der Waals surface area contributed by atoms with E-state index in [9.17, 15) is 4.79 Å². The first-order valence-corrected chi connectivity index (χ1v) is 10.1. The Morgan fingerprint density at radius 2 is 1.90 bits per heavy atom. The summed E-state index contributed by atoms with van der Waals surface area (Å²) in [5, 5.41) is 8.40. The molecule has 0 aliphatic rings. The van der Waals surface area contributed by atoms with Gasteiger partial charge in [-0.3, -0.25) is 0 Å². The zero-order valence-corrected chi connectivity index (χ0v) is 17.5. The molecule has 0 radical (unpaired) electrons. The average Bonchev–Trinajstić information content (AvgIpc) is 3.09. The molecule has 154 valence electrons. The van der Waals surface area contributed by atoms with Crippen molar-refractivity contribution in [2.45, 2.75) is 26.4 Å². The first kappa shape index (κ1) is 19.8. The standard InChI is InChI=1S/C24H26N4O2/c1-24(2,3)30-23(29)27-14-13-25-17-8-6-7-16(15-17)18-11-12-26-22-21(18)19-9-4-5-10-20(19)28-22/h4-12,15,25H,13-14H2,1-3H3,(H,26,28)(H,27,29). The lowest BCUT2D eigenvalue weighted by Crippen LogP contribution is -2.34. The van der Waals surface area contributed by atoms with Gasteiger partial charge in [0.1, 0.15) is 11.2 Å². The molecule has 0 unspecified atom stereocenters. The Kier molecular flexibility index (Phi) is 5.31. The van der Waals surface area contributed by atoms with Crippen LogP contribution in [-0.2, 0) is 4.74 Å². The van der Waals surface area contributed by atoms with Crippen molar-refractivity contribution < 1.29 is 9.53 Å². The number of fused-ring (bicyclic) bond motifs is 3. The van der Waals surface area contributed by atoms with E-state index >= 15 is 0 Å². The lowest BCUT2D eigenvalue weighted by molar-refractivity contribution is 0.0530. The number of carbonyl (C=O) groups excluding carboxylic acids is 1. The van der Waals surface area contributed by atoms with Gasteiger partial charge in [-0.1, -0.05) is 30.3 Å². The number of ether oxygens (including phenoxy) is 1. The summed E-state index contributed by atoms with van der Waals surface area (Å²) in [5.74, 6) is 0. The van der Waals surface area contributed by atoms with E-state index in [1.807, 2.05) is 57.3 Å². The van der Waals surface area contributed by atoms with Crippen molar-refractivity contribution in [3.05, 3.63) is 60.8 Å². The topological polar surface area (TPSA) is 79.0 Å². The van der Waals surface area contributed by atoms with E-state index in [1.54, 1.807) is 0 Å². The Morgan fingerprint density at radius 3 is 2.73 bits per heavy atom. The van der Waals surface area contributed by atoms with Crippen LogP contribution in [0.3, 0.4) is 0 Å². The van der Waals surface area contributed by atoms with Crippen LogP contribution in [0.5, 0.6) is 0 Å². The Balaban J connectivity index is 1.50. The number of nitrogens with one attached hydrogen (secondary N) is 3. The molecule has 4 aromatic rings. The highest BCUT2D eigenvalue weighted by atomic mass is 16.6. The molecule has 0 atom stereocenters. The van der Waals surface area contributed by atoms with Crippen molar-refractivity contribution in [1.82, 2.24) is 15.3 Å². The normalized spacial score (nSPS) is 11.6. The predicted molar refractivity (Wildman–Crippen MR) is 122 cm³/mol. The average molecular weight is 402 g/mol. The molecule has 0 fully saturated rings. The minimum absolute atomic E-state index is 0.406. The number of alkyl carbamates (subject to hydrolysis) is 1. The molecule has 1 amide bonds. The number of aromatic amines is 1. The number of rotatable bonds is 5. The quantitative estimate of drug-likeness (QED) is 0.395. The fourth-order valence-electron chi connectivity index (χ4n) is 3.49. The van der Waals surface area contributed by atoms with Gasteiger partial charge in [0.2, 0.25) is 0 Å². The highest BCUT2D eigenvalue weighted by Gasteiger charge is 2.15. The van der Waals surface area contributed by atoms with Gasteiger partial charge in [-0.2, -0.15) is 0 Å². The van der Waals surface area contributed by atoms with E-state index < -0.39 is 11.7 Å². The SMILES string of the molecule is CC(C)(C)OC(=O)NCCNc1cccc(-c2ccnc3[nH]c4ccccc4c23)c1. The number of para-hydroxylation sites is 1. The molecule has 0 saturated heterocycles. The van der Waals surface area contributed by atoms with Crippen molar-refractivity contribution in [1.29, 1.82) is 0 Å². The maximum atomic E-state index is 11.7. The van der Waals surface area contributed by atoms with Crippen LogP contribution >= 0.6 is 0 Å². The molecule has 2 aromatic carbocycles. The van der Waals surface area contributed by atoms with Gasteiger partial charge in [0, 0.05) is 41.3 Å². The molecule has 0 spiro atoms. The van der Waals surface area contributed by atoms with Crippen molar-refractivity contribution in [2.75, 3.05) is 18.4 Å². The third-order valence-electron chi connectivity index (χ3n) is 4.70. The Labute approximate surface area is 175 Å². The van der Waals surface area contributed by atoms with Gasteiger partial charge >= 0.3 is 6.09 Å². The second-order valence-electron chi connectivity index (χ2n) is 8.19. The number of pyridine rings is 1. The summed E-state index contributed by atoms with van der Waals surface area (Å²) < 4.78 is 5.25. The Morgan fingerprint density at radius 1 is 1.07 bits per heavy atom. The summed E-state index contributed by atoms with van der Waals surface area (Å²) in [6, 6.07) is 18.6. The summed E-state index contributed by atoms with van der Waals surface area (Å²) in [6.45, 7) is 6.61. The summed E-state index contributed by atoms with van der Waals surface area (Å²) in [4.78, 5) is 19.6. The van der Waals surface area contributed by atoms with Crippen LogP contribution in [0.4, 0.5) is 10.5 Å². The van der Waals surface area contributed by atoms with E-state index in [-0.39, 0.29) is 0 Å². The van der Waals surface area contributed by atoms with E-state index in [2.05, 4.69) is 44.9 Å². The second-order valence-corrected chi connectivity index (χ2v) is 8.19. The molecule has 0 bridgehead atoms. The molecule has 30 heavy (non-hydrogen) atoms. The minimum Gasteiger partial charge on any atom is -0.444 e. The van der Waals surface area contributed by atoms with Crippen molar-refractivity contribution >= 4 is 33.7 Å². The van der Waals surface area contributed by atoms with Gasteiger partial charge in [0.05, 0.1) is 0 Å². The number of anilines is 1. The summed E-state index contributed by atoms with van der Waals surface area (Å²) >= 11 is 0. The molecule has 0 saturated carbocycles. The largest absolute Gasteiger partial charge is 0.444 e. The van der Waals surface area contributed by atoms with E-state index in [0.717, 1.165) is 38.8 Å². The maximum Gasteiger partial charge on any atom is 0.407 e. The van der Waals surface area contributed by atoms with E-state index in [1.165, 1.54) is 0 Å². The second kappa shape index (κ2) is 8.06. The van der Waals surface area contributed by atoms with Crippen molar-refractivity contribution in [3.63, 3.8) is 0 Å². The number of aromatic nitrogens is 2. The van der Waals surface area contributed by atoms with E-state index in [4.69, 9.17) is 4.74 Å². The first-order chi connectivity index (χ1) is 14.4. The number of hydrogen-bond donors (Lipinski definition) is 3. The van der Waals surface area contributed by atoms with Gasteiger partial charge in [0.25, 0.3) is 0 Å². The maximum absolute atomic E-state index is 11.7. The number of nitrogens with zero attached hydrogens (tertiary/aromatic N) is 1. The van der Waals surface area contributed by atoms with Crippen LogP contribution in [0.15, 0.2) is 60.8 Å². The molecule has 2 heterocycles. The molecular weight excluding hydrogens is 376 g/mol. The number of hydrogen-bond acceptors (Lipinski definition) is 4. The van der Waals surface area contributed by atoms with Gasteiger partial charge in [-0.05, 0) is 56.2 Å². The third kappa shape index (κ3) is 4.38. The smallest absolute Gasteiger partial charge is 0.407 e. The molecular formula is C24H26N4O2. The van der Waals surface area contributed by atoms with Gasteiger partial charge in [-0.25, -0.2) is 9.78 Å². The Bertz CT molecular complexity index is 1190.